The molecule has 26 heteroatoms. The summed E-state index contributed by atoms with van der Waals surface area (Å²) in [6.45, 7) is 9.08. The number of amides is 5. The molecule has 0 bridgehead atoms. The summed E-state index contributed by atoms with van der Waals surface area (Å²) < 4.78 is 0. The van der Waals surface area contributed by atoms with Crippen LogP contribution in [0.15, 0.2) is 0 Å². The zero-order valence-electron chi connectivity index (χ0n) is 59.1. The lowest BCUT2D eigenvalue weighted by molar-refractivity contribution is -0.149. The van der Waals surface area contributed by atoms with Gasteiger partial charge in [-0.1, -0.05) is 141 Å². The van der Waals surface area contributed by atoms with E-state index in [1.165, 1.54) is 161 Å². The van der Waals surface area contributed by atoms with Crippen LogP contribution in [0.4, 0.5) is 0 Å². The van der Waals surface area contributed by atoms with Gasteiger partial charge in [-0.15, -0.1) is 0 Å². The Morgan fingerprint density at radius 1 is 0.316 bits per heavy atom. The summed E-state index contributed by atoms with van der Waals surface area (Å²) in [7, 11) is 4.01. The second-order valence-electron chi connectivity index (χ2n) is 26.0. The molecule has 26 nitrogen and oxygen atoms in total. The number of aliphatic hydroxyl groups is 10. The van der Waals surface area contributed by atoms with Crippen LogP contribution in [0.25, 0.3) is 0 Å². The van der Waals surface area contributed by atoms with Crippen LogP contribution in [0, 0.1) is 5.92 Å². The summed E-state index contributed by atoms with van der Waals surface area (Å²) in [5, 5.41) is 129. The highest BCUT2D eigenvalue weighted by molar-refractivity contribution is 5.84. The third-order valence-electron chi connectivity index (χ3n) is 17.4. The molecule has 0 aliphatic heterocycles. The van der Waals surface area contributed by atoms with Crippen LogP contribution in [0.3, 0.4) is 0 Å². The maximum atomic E-state index is 13.2. The lowest BCUT2D eigenvalue weighted by Crippen LogP contribution is -2.53. The van der Waals surface area contributed by atoms with E-state index in [1.807, 2.05) is 14.1 Å². The van der Waals surface area contributed by atoms with E-state index >= 15 is 0 Å². The number of nitrogens with one attached hydrogen (secondary N) is 10. The maximum absolute atomic E-state index is 13.2. The molecule has 0 aliphatic carbocycles. The van der Waals surface area contributed by atoms with Gasteiger partial charge in [0.25, 0.3) is 11.8 Å². The van der Waals surface area contributed by atoms with Crippen LogP contribution in [-0.2, 0) is 24.0 Å². The van der Waals surface area contributed by atoms with Gasteiger partial charge < -0.3 is 109 Å². The fraction of sp³-hybridized carbons (Fsp3) is 0.928. The average molecular weight is 1360 g/mol. The first-order valence-corrected chi connectivity index (χ1v) is 37.2. The number of carbonyl (C=O) groups is 5. The van der Waals surface area contributed by atoms with Crippen molar-refractivity contribution in [3.8, 4) is 0 Å². The van der Waals surface area contributed by atoms with Gasteiger partial charge in [0.2, 0.25) is 17.7 Å². The Hall–Kier alpha value is -3.29. The zero-order valence-corrected chi connectivity index (χ0v) is 59.1. The van der Waals surface area contributed by atoms with Gasteiger partial charge in [-0.05, 0) is 150 Å². The first kappa shape index (κ1) is 91.7. The second kappa shape index (κ2) is 66.6. The van der Waals surface area contributed by atoms with E-state index in [0.29, 0.717) is 18.9 Å². The van der Waals surface area contributed by atoms with Gasteiger partial charge in [0.15, 0.2) is 12.2 Å². The number of rotatable bonds is 72. The second-order valence-corrected chi connectivity index (χ2v) is 26.0. The normalized spacial score (nSPS) is 14.2. The number of aliphatic hydroxyl groups excluding tert-OH is 10. The molecule has 0 saturated heterocycles. The molecule has 0 radical (unpaired) electrons. The molecule has 0 aromatic rings. The summed E-state index contributed by atoms with van der Waals surface area (Å²) >= 11 is 0. The van der Waals surface area contributed by atoms with Crippen molar-refractivity contribution in [2.45, 2.75) is 274 Å². The van der Waals surface area contributed by atoms with Gasteiger partial charge in [-0.3, -0.25) is 24.0 Å². The highest BCUT2D eigenvalue weighted by atomic mass is 16.4. The summed E-state index contributed by atoms with van der Waals surface area (Å²) in [6.07, 6.45) is 22.1. The minimum Gasteiger partial charge on any atom is -0.394 e. The molecule has 5 amide bonds. The Labute approximate surface area is 572 Å². The van der Waals surface area contributed by atoms with E-state index < -0.39 is 79.8 Å². The van der Waals surface area contributed by atoms with Crippen molar-refractivity contribution in [1.82, 2.24) is 58.1 Å². The van der Waals surface area contributed by atoms with Crippen LogP contribution in [0.1, 0.15) is 225 Å². The highest BCUT2D eigenvalue weighted by Crippen LogP contribution is 2.17. The van der Waals surface area contributed by atoms with Gasteiger partial charge >= 0.3 is 0 Å². The summed E-state index contributed by atoms with van der Waals surface area (Å²) in [5.41, 5.74) is 0. The van der Waals surface area contributed by atoms with Gasteiger partial charge in [-0.25, -0.2) is 0 Å². The topological polar surface area (TPSA) is 411 Å². The van der Waals surface area contributed by atoms with Crippen LogP contribution in [0.2, 0.25) is 0 Å². The molecule has 20 N–H and O–H groups in total. The van der Waals surface area contributed by atoms with E-state index in [1.54, 1.807) is 0 Å². The van der Waals surface area contributed by atoms with E-state index in [9.17, 15) is 64.8 Å². The number of nitrogens with zero attached hydrogens (tertiary/aromatic N) is 1. The predicted molar refractivity (Wildman–Crippen MR) is 375 cm³/mol. The number of carbonyl (C=O) groups excluding carboxylic acids is 5. The lowest BCUT2D eigenvalue weighted by Gasteiger charge is -2.27. The molecule has 8 atom stereocenters. The predicted octanol–water partition coefficient (Wildman–Crippen LogP) is 1.22. The quantitative estimate of drug-likeness (QED) is 0.0381. The number of hydrogen-bond donors (Lipinski definition) is 20. The summed E-state index contributed by atoms with van der Waals surface area (Å²) in [5.74, 6) is -2.40. The molecule has 562 valence electrons. The fourth-order valence-electron chi connectivity index (χ4n) is 11.2. The third kappa shape index (κ3) is 54.2. The minimum atomic E-state index is -2.22. The van der Waals surface area contributed by atoms with Crippen molar-refractivity contribution in [1.29, 1.82) is 0 Å². The van der Waals surface area contributed by atoms with Crippen LogP contribution >= 0.6 is 0 Å². The molecular formula is C69H141N11O15. The van der Waals surface area contributed by atoms with Crippen molar-refractivity contribution in [2.24, 2.45) is 5.92 Å². The molecule has 0 spiro atoms. The van der Waals surface area contributed by atoms with Crippen LogP contribution in [0.5, 0.6) is 0 Å². The van der Waals surface area contributed by atoms with Gasteiger partial charge in [0.05, 0.1) is 13.2 Å². The van der Waals surface area contributed by atoms with Crippen molar-refractivity contribution in [3.63, 3.8) is 0 Å². The lowest BCUT2D eigenvalue weighted by atomic mass is 10.00. The van der Waals surface area contributed by atoms with Gasteiger partial charge in [0.1, 0.15) is 36.6 Å². The summed E-state index contributed by atoms with van der Waals surface area (Å²) in [6, 6.07) is 0. The van der Waals surface area contributed by atoms with Crippen molar-refractivity contribution < 1.29 is 75.0 Å². The SMILES string of the molecule is CNCCCNCCCCNCC(CCCCCCNC(=O)CCCCCCCCCCCCCCCCCCCCCCCNC(=O)CCC(=O)N(CCNC(=O)[C@@H](O)[C@H](O)[C@@H](O)[C@@H](O)CO)CCNC(=O)[C@H](O)[C@@H](O)[C@H](O)[C@H](O)CO)CNCCCCNCCCNC. The van der Waals surface area contributed by atoms with Crippen molar-refractivity contribution >= 4 is 29.5 Å². The molecule has 0 unspecified atom stereocenters. The molecular weight excluding hydrogens is 1220 g/mol. The van der Waals surface area contributed by atoms with Gasteiger partial charge in [-0.2, -0.15) is 0 Å². The monoisotopic (exact) mass is 1360 g/mol. The Morgan fingerprint density at radius 3 is 1.00 bits per heavy atom. The van der Waals surface area contributed by atoms with E-state index in [2.05, 4.69) is 53.2 Å². The first-order chi connectivity index (χ1) is 46.0. The molecule has 0 aromatic heterocycles. The molecule has 0 rings (SSSR count). The third-order valence-corrected chi connectivity index (χ3v) is 17.4. The average Bonchev–Trinajstić information content (AvgIpc) is 2.04. The molecule has 0 saturated carbocycles. The Morgan fingerprint density at radius 2 is 0.632 bits per heavy atom. The Balaban J connectivity index is 4.08. The molecule has 95 heavy (non-hydrogen) atoms. The molecule has 0 aliphatic rings. The highest BCUT2D eigenvalue weighted by Gasteiger charge is 2.35. The van der Waals surface area contributed by atoms with Gasteiger partial charge in [0, 0.05) is 58.5 Å². The van der Waals surface area contributed by atoms with E-state index in [-0.39, 0.29) is 50.8 Å². The molecule has 0 fully saturated rings. The van der Waals surface area contributed by atoms with Crippen LogP contribution in [-0.4, -0.2) is 266 Å². The Bertz CT molecular complexity index is 1720. The molecule has 0 aromatic carbocycles. The van der Waals surface area contributed by atoms with Crippen molar-refractivity contribution in [2.75, 3.05) is 132 Å². The smallest absolute Gasteiger partial charge is 0.251 e. The minimum absolute atomic E-state index is 0.165. The maximum Gasteiger partial charge on any atom is 0.251 e. The zero-order chi connectivity index (χ0) is 70.2. The number of hydrogen-bond acceptors (Lipinski definition) is 21. The standard InChI is InChI=1S/C69H141N11O15/c1-70-38-32-44-72-40-28-30-42-74-52-56(53-75-43-31-29-41-73-45-33-39-71-2)34-24-21-23-27-46-76-59(85)35-25-20-18-16-14-12-10-8-6-4-3-5-7-9-11-13-15-17-19-22-26-47-77-60(86)36-37-61(87)80(50-48-78-68(94)66(92)64(90)62(88)57(83)54-81)51-49-79-69(95)67(93)65(91)63(89)58(84)55-82/h56-58,62-67,70-75,81-84,88-93H,3-55H2,1-2H3,(H,76,85)(H,77,86)(H,78,94)(H,79,95)/t57-,58+,62-,63+,64+,65-,66-,67+. The van der Waals surface area contributed by atoms with E-state index in [0.717, 1.165) is 122 Å². The van der Waals surface area contributed by atoms with E-state index in [4.69, 9.17) is 10.2 Å². The molecule has 0 heterocycles. The first-order valence-electron chi connectivity index (χ1n) is 37.2. The largest absolute Gasteiger partial charge is 0.394 e. The fourth-order valence-corrected chi connectivity index (χ4v) is 11.2. The summed E-state index contributed by atoms with van der Waals surface area (Å²) in [4.78, 5) is 64.4. The van der Waals surface area contributed by atoms with Crippen molar-refractivity contribution in [3.05, 3.63) is 0 Å². The number of unbranched alkanes of at least 4 members (excludes halogenated alkanes) is 25. The Kier molecular flexibility index (Phi) is 64.3. The van der Waals surface area contributed by atoms with Crippen LogP contribution < -0.4 is 53.2 Å².